The number of ether oxygens (including phenoxy) is 3. The standard InChI is InChI=1S/C15H30N2O4/c1-15(14(16)18,17-13-5-6-13)7-3-4-8-20-11-12-21-10-9-19-2/h13,17H,3-12H2,1-2H3,(H2,16,18). The molecule has 1 fully saturated rings. The molecule has 0 aromatic carbocycles. The van der Waals surface area contributed by atoms with Crippen LogP contribution in [0.25, 0.3) is 0 Å². The van der Waals surface area contributed by atoms with Crippen LogP contribution in [0.4, 0.5) is 0 Å². The van der Waals surface area contributed by atoms with Crippen molar-refractivity contribution in [1.82, 2.24) is 5.32 Å². The number of carbonyl (C=O) groups excluding carboxylic acids is 1. The highest BCUT2D eigenvalue weighted by molar-refractivity contribution is 5.84. The zero-order chi connectivity index (χ0) is 15.6. The van der Waals surface area contributed by atoms with Crippen LogP contribution in [0.5, 0.6) is 0 Å². The maximum atomic E-state index is 11.6. The number of hydrogen-bond donors (Lipinski definition) is 2. The lowest BCUT2D eigenvalue weighted by atomic mass is 9.94. The van der Waals surface area contributed by atoms with E-state index in [1.165, 1.54) is 0 Å². The number of carbonyl (C=O) groups is 1. The lowest BCUT2D eigenvalue weighted by Crippen LogP contribution is -2.53. The van der Waals surface area contributed by atoms with E-state index in [2.05, 4.69) is 5.32 Å². The zero-order valence-electron chi connectivity index (χ0n) is 13.4. The summed E-state index contributed by atoms with van der Waals surface area (Å²) in [6, 6.07) is 0.475. The molecule has 1 rings (SSSR count). The van der Waals surface area contributed by atoms with Crippen molar-refractivity contribution in [3.05, 3.63) is 0 Å². The SMILES string of the molecule is COCCOCCOCCCCC(C)(NC1CC1)C(N)=O. The Morgan fingerprint density at radius 2 is 1.76 bits per heavy atom. The molecule has 1 amide bonds. The van der Waals surface area contributed by atoms with Crippen LogP contribution in [0, 0.1) is 0 Å². The summed E-state index contributed by atoms with van der Waals surface area (Å²) in [6.07, 6.45) is 4.90. The number of methoxy groups -OCH3 is 1. The smallest absolute Gasteiger partial charge is 0.237 e. The van der Waals surface area contributed by atoms with Gasteiger partial charge in [0.1, 0.15) is 0 Å². The Labute approximate surface area is 127 Å². The van der Waals surface area contributed by atoms with Crippen molar-refractivity contribution in [2.24, 2.45) is 5.73 Å². The van der Waals surface area contributed by atoms with E-state index in [9.17, 15) is 4.79 Å². The van der Waals surface area contributed by atoms with Crippen molar-refractivity contribution in [1.29, 1.82) is 0 Å². The third-order valence-electron chi connectivity index (χ3n) is 3.66. The normalized spacial score (nSPS) is 17.6. The molecule has 3 N–H and O–H groups in total. The van der Waals surface area contributed by atoms with Gasteiger partial charge in [-0.25, -0.2) is 0 Å². The Kier molecular flexibility index (Phi) is 8.84. The molecule has 21 heavy (non-hydrogen) atoms. The fourth-order valence-corrected chi connectivity index (χ4v) is 2.09. The van der Waals surface area contributed by atoms with Crippen molar-refractivity contribution in [2.75, 3.05) is 40.1 Å². The van der Waals surface area contributed by atoms with Gasteiger partial charge in [-0.3, -0.25) is 4.79 Å². The van der Waals surface area contributed by atoms with E-state index in [0.29, 0.717) is 39.1 Å². The van der Waals surface area contributed by atoms with E-state index in [1.54, 1.807) is 7.11 Å². The first-order chi connectivity index (χ1) is 10.1. The molecule has 6 heteroatoms. The Morgan fingerprint density at radius 1 is 1.14 bits per heavy atom. The summed E-state index contributed by atoms with van der Waals surface area (Å²) in [5.74, 6) is -0.262. The molecule has 0 spiro atoms. The Balaban J connectivity index is 1.97. The van der Waals surface area contributed by atoms with Crippen molar-refractivity contribution in [2.45, 2.75) is 50.6 Å². The van der Waals surface area contributed by atoms with Gasteiger partial charge in [0.15, 0.2) is 0 Å². The van der Waals surface area contributed by atoms with Crippen LogP contribution in [0.15, 0.2) is 0 Å². The minimum absolute atomic E-state index is 0.262. The van der Waals surface area contributed by atoms with E-state index in [0.717, 1.165) is 32.1 Å². The largest absolute Gasteiger partial charge is 0.382 e. The van der Waals surface area contributed by atoms with Gasteiger partial charge in [-0.05, 0) is 39.0 Å². The topological polar surface area (TPSA) is 82.8 Å². The van der Waals surface area contributed by atoms with Crippen LogP contribution >= 0.6 is 0 Å². The highest BCUT2D eigenvalue weighted by atomic mass is 16.5. The highest BCUT2D eigenvalue weighted by Crippen LogP contribution is 2.25. The molecule has 0 saturated heterocycles. The summed E-state index contributed by atoms with van der Waals surface area (Å²) < 4.78 is 15.7. The van der Waals surface area contributed by atoms with Crippen molar-refractivity contribution in [3.63, 3.8) is 0 Å². The van der Waals surface area contributed by atoms with E-state index in [1.807, 2.05) is 6.92 Å². The molecule has 1 aliphatic rings. The molecule has 0 aliphatic heterocycles. The maximum absolute atomic E-state index is 11.6. The molecule has 0 aromatic heterocycles. The predicted molar refractivity (Wildman–Crippen MR) is 81.1 cm³/mol. The molecule has 1 aliphatic carbocycles. The summed E-state index contributed by atoms with van der Waals surface area (Å²) in [4.78, 5) is 11.6. The number of amides is 1. The van der Waals surface area contributed by atoms with Crippen LogP contribution in [-0.2, 0) is 19.0 Å². The predicted octanol–water partition coefficient (Wildman–Crippen LogP) is 0.832. The van der Waals surface area contributed by atoms with E-state index in [-0.39, 0.29) is 5.91 Å². The molecular weight excluding hydrogens is 272 g/mol. The average molecular weight is 302 g/mol. The second-order valence-corrected chi connectivity index (χ2v) is 5.79. The fraction of sp³-hybridized carbons (Fsp3) is 0.933. The third kappa shape index (κ3) is 8.36. The number of hydrogen-bond acceptors (Lipinski definition) is 5. The second kappa shape index (κ2) is 10.1. The average Bonchev–Trinajstić information content (AvgIpc) is 3.24. The van der Waals surface area contributed by atoms with Crippen LogP contribution in [0.1, 0.15) is 39.0 Å². The lowest BCUT2D eigenvalue weighted by Gasteiger charge is -2.27. The monoisotopic (exact) mass is 302 g/mol. The molecule has 6 nitrogen and oxygen atoms in total. The van der Waals surface area contributed by atoms with Crippen LogP contribution in [0.3, 0.4) is 0 Å². The van der Waals surface area contributed by atoms with E-state index >= 15 is 0 Å². The van der Waals surface area contributed by atoms with Gasteiger partial charge in [-0.2, -0.15) is 0 Å². The van der Waals surface area contributed by atoms with Gasteiger partial charge < -0.3 is 25.3 Å². The molecule has 0 bridgehead atoms. The number of nitrogens with one attached hydrogen (secondary N) is 1. The van der Waals surface area contributed by atoms with E-state index < -0.39 is 5.54 Å². The first-order valence-electron chi connectivity index (χ1n) is 7.80. The van der Waals surface area contributed by atoms with Crippen LogP contribution < -0.4 is 11.1 Å². The Hall–Kier alpha value is -0.690. The summed E-state index contributed by atoms with van der Waals surface area (Å²) >= 11 is 0. The lowest BCUT2D eigenvalue weighted by molar-refractivity contribution is -0.124. The minimum Gasteiger partial charge on any atom is -0.382 e. The number of nitrogens with two attached hydrogens (primary N) is 1. The van der Waals surface area contributed by atoms with Crippen molar-refractivity contribution >= 4 is 5.91 Å². The van der Waals surface area contributed by atoms with Gasteiger partial charge in [-0.15, -0.1) is 0 Å². The first kappa shape index (κ1) is 18.4. The molecule has 0 heterocycles. The Morgan fingerprint density at radius 3 is 2.33 bits per heavy atom. The first-order valence-corrected chi connectivity index (χ1v) is 7.80. The second-order valence-electron chi connectivity index (χ2n) is 5.79. The Bertz CT molecular complexity index is 297. The summed E-state index contributed by atoms with van der Waals surface area (Å²) in [5.41, 5.74) is 4.93. The van der Waals surface area contributed by atoms with E-state index in [4.69, 9.17) is 19.9 Å². The van der Waals surface area contributed by atoms with Gasteiger partial charge in [0.25, 0.3) is 0 Å². The highest BCUT2D eigenvalue weighted by Gasteiger charge is 2.36. The maximum Gasteiger partial charge on any atom is 0.237 e. The summed E-state index contributed by atoms with van der Waals surface area (Å²) in [7, 11) is 1.65. The molecule has 124 valence electrons. The van der Waals surface area contributed by atoms with Gasteiger partial charge in [0.05, 0.1) is 32.0 Å². The molecule has 0 aromatic rings. The third-order valence-corrected chi connectivity index (χ3v) is 3.66. The van der Waals surface area contributed by atoms with Gasteiger partial charge >= 0.3 is 0 Å². The van der Waals surface area contributed by atoms with Gasteiger partial charge in [0, 0.05) is 19.8 Å². The molecule has 1 atom stereocenters. The van der Waals surface area contributed by atoms with Crippen molar-refractivity contribution < 1.29 is 19.0 Å². The minimum atomic E-state index is -0.579. The molecule has 1 saturated carbocycles. The number of unbranched alkanes of at least 4 members (excludes halogenated alkanes) is 1. The number of primary amides is 1. The van der Waals surface area contributed by atoms with Crippen LogP contribution in [-0.4, -0.2) is 57.6 Å². The fourth-order valence-electron chi connectivity index (χ4n) is 2.09. The molecule has 1 unspecified atom stereocenters. The zero-order valence-corrected chi connectivity index (χ0v) is 13.4. The van der Waals surface area contributed by atoms with Crippen molar-refractivity contribution in [3.8, 4) is 0 Å². The number of rotatable bonds is 14. The van der Waals surface area contributed by atoms with Gasteiger partial charge in [-0.1, -0.05) is 0 Å². The summed E-state index contributed by atoms with van der Waals surface area (Å²) in [6.45, 7) is 4.98. The van der Waals surface area contributed by atoms with Gasteiger partial charge in [0.2, 0.25) is 5.91 Å². The summed E-state index contributed by atoms with van der Waals surface area (Å²) in [5, 5.41) is 3.35. The quantitative estimate of drug-likeness (QED) is 0.464. The molecule has 0 radical (unpaired) electrons. The van der Waals surface area contributed by atoms with Crippen LogP contribution in [0.2, 0.25) is 0 Å². The molecular formula is C15H30N2O4.